The molecule has 1 aromatic heterocycles. The normalized spacial score (nSPS) is 11.5. The molecule has 3 heteroatoms. The Labute approximate surface area is 121 Å². The molecule has 0 aliphatic rings. The van der Waals surface area contributed by atoms with Gasteiger partial charge < -0.3 is 5.11 Å². The summed E-state index contributed by atoms with van der Waals surface area (Å²) in [6, 6.07) is 10.0. The number of rotatable bonds is 5. The molecule has 0 unspecified atom stereocenters. The Bertz CT molecular complexity index is 556. The van der Waals surface area contributed by atoms with Crippen molar-refractivity contribution in [2.24, 2.45) is 11.8 Å². The van der Waals surface area contributed by atoms with E-state index in [0.717, 1.165) is 29.8 Å². The Morgan fingerprint density at radius 1 is 1.05 bits per heavy atom. The largest absolute Gasteiger partial charge is 0.493 e. The first-order valence-electron chi connectivity index (χ1n) is 7.33. The van der Waals surface area contributed by atoms with E-state index in [4.69, 9.17) is 0 Å². The maximum Gasteiger partial charge on any atom is 0.217 e. The molecule has 1 heterocycles. The molecule has 0 fully saturated rings. The molecule has 1 N–H and O–H groups in total. The van der Waals surface area contributed by atoms with Crippen molar-refractivity contribution in [2.75, 3.05) is 0 Å². The van der Waals surface area contributed by atoms with Gasteiger partial charge in [-0.05, 0) is 23.8 Å². The summed E-state index contributed by atoms with van der Waals surface area (Å²) in [5.74, 6) is 1.26. The molecule has 0 atom stereocenters. The lowest BCUT2D eigenvalue weighted by molar-refractivity contribution is 0.372. The monoisotopic (exact) mass is 272 g/mol. The van der Waals surface area contributed by atoms with Crippen LogP contribution in [-0.4, -0.2) is 14.9 Å². The summed E-state index contributed by atoms with van der Waals surface area (Å²) in [6.07, 6.45) is 0.878. The third kappa shape index (κ3) is 3.21. The van der Waals surface area contributed by atoms with Gasteiger partial charge in [-0.3, -0.25) is 0 Å². The van der Waals surface area contributed by atoms with Gasteiger partial charge in [0.05, 0.1) is 11.3 Å². The van der Waals surface area contributed by atoms with Crippen LogP contribution in [0.25, 0.3) is 11.1 Å². The summed E-state index contributed by atoms with van der Waals surface area (Å²) in [6.45, 7) is 9.35. The highest BCUT2D eigenvalue weighted by atomic mass is 16.3. The first-order valence-corrected chi connectivity index (χ1v) is 7.33. The predicted octanol–water partition coefficient (Wildman–Crippen LogP) is 4.11. The number of hydrogen-bond donors (Lipinski definition) is 1. The molecule has 20 heavy (non-hydrogen) atoms. The van der Waals surface area contributed by atoms with Gasteiger partial charge in [0, 0.05) is 6.54 Å². The van der Waals surface area contributed by atoms with Crippen LogP contribution in [0.1, 0.15) is 33.4 Å². The van der Waals surface area contributed by atoms with Crippen LogP contribution in [0.2, 0.25) is 0 Å². The van der Waals surface area contributed by atoms with E-state index in [0.29, 0.717) is 17.7 Å². The number of nitrogens with zero attached hydrogens (tertiary/aromatic N) is 2. The summed E-state index contributed by atoms with van der Waals surface area (Å²) in [5.41, 5.74) is 2.92. The van der Waals surface area contributed by atoms with Crippen LogP contribution in [0.3, 0.4) is 0 Å². The second kappa shape index (κ2) is 6.12. The van der Waals surface area contributed by atoms with Gasteiger partial charge in [-0.15, -0.1) is 0 Å². The highest BCUT2D eigenvalue weighted by Crippen LogP contribution is 2.34. The highest BCUT2D eigenvalue weighted by Gasteiger charge is 2.19. The smallest absolute Gasteiger partial charge is 0.217 e. The van der Waals surface area contributed by atoms with Gasteiger partial charge in [-0.1, -0.05) is 58.0 Å². The van der Waals surface area contributed by atoms with Crippen molar-refractivity contribution in [1.82, 2.24) is 9.78 Å². The lowest BCUT2D eigenvalue weighted by Gasteiger charge is -2.06. The SMILES string of the molecule is CC(C)Cc1nn(CC(C)C)c(O)c1-c1ccccc1. The van der Waals surface area contributed by atoms with Crippen LogP contribution in [-0.2, 0) is 13.0 Å². The van der Waals surface area contributed by atoms with Crippen LogP contribution in [0.15, 0.2) is 30.3 Å². The Morgan fingerprint density at radius 2 is 1.70 bits per heavy atom. The third-order valence-electron chi connectivity index (χ3n) is 3.20. The standard InChI is InChI=1S/C17H24N2O/c1-12(2)10-15-16(14-8-6-5-7-9-14)17(20)19(18-15)11-13(3)4/h5-9,12-13,20H,10-11H2,1-4H3. The van der Waals surface area contributed by atoms with E-state index >= 15 is 0 Å². The molecule has 0 aliphatic heterocycles. The lowest BCUT2D eigenvalue weighted by Crippen LogP contribution is -2.06. The van der Waals surface area contributed by atoms with Gasteiger partial charge >= 0.3 is 0 Å². The molecule has 2 aromatic rings. The minimum absolute atomic E-state index is 0.292. The van der Waals surface area contributed by atoms with E-state index in [1.807, 2.05) is 30.3 Å². The minimum atomic E-state index is 0.292. The topological polar surface area (TPSA) is 38.0 Å². The summed E-state index contributed by atoms with van der Waals surface area (Å²) >= 11 is 0. The summed E-state index contributed by atoms with van der Waals surface area (Å²) in [5, 5.41) is 15.2. The maximum atomic E-state index is 10.5. The van der Waals surface area contributed by atoms with Crippen molar-refractivity contribution in [3.8, 4) is 17.0 Å². The zero-order valence-electron chi connectivity index (χ0n) is 12.8. The average molecular weight is 272 g/mol. The molecule has 0 spiro atoms. The highest BCUT2D eigenvalue weighted by molar-refractivity contribution is 5.71. The third-order valence-corrected chi connectivity index (χ3v) is 3.20. The first-order chi connectivity index (χ1) is 9.49. The van der Waals surface area contributed by atoms with Crippen LogP contribution >= 0.6 is 0 Å². The molecule has 0 aliphatic carbocycles. The predicted molar refractivity (Wildman–Crippen MR) is 82.7 cm³/mol. The summed E-state index contributed by atoms with van der Waals surface area (Å²) < 4.78 is 1.74. The van der Waals surface area contributed by atoms with Gasteiger partial charge in [0.25, 0.3) is 0 Å². The van der Waals surface area contributed by atoms with Crippen LogP contribution in [0.5, 0.6) is 5.88 Å². The van der Waals surface area contributed by atoms with Gasteiger partial charge in [-0.25, -0.2) is 4.68 Å². The van der Waals surface area contributed by atoms with E-state index in [1.54, 1.807) is 4.68 Å². The van der Waals surface area contributed by atoms with Crippen molar-refractivity contribution in [2.45, 2.75) is 40.7 Å². The lowest BCUT2D eigenvalue weighted by atomic mass is 10.00. The van der Waals surface area contributed by atoms with Crippen molar-refractivity contribution in [3.63, 3.8) is 0 Å². The summed E-state index contributed by atoms with van der Waals surface area (Å²) in [7, 11) is 0. The molecule has 1 aromatic carbocycles. The number of aromatic nitrogens is 2. The van der Waals surface area contributed by atoms with Crippen LogP contribution in [0.4, 0.5) is 0 Å². The summed E-state index contributed by atoms with van der Waals surface area (Å²) in [4.78, 5) is 0. The van der Waals surface area contributed by atoms with Crippen molar-refractivity contribution in [1.29, 1.82) is 0 Å². The zero-order valence-corrected chi connectivity index (χ0v) is 12.8. The van der Waals surface area contributed by atoms with Gasteiger partial charge in [-0.2, -0.15) is 5.10 Å². The maximum absolute atomic E-state index is 10.5. The average Bonchev–Trinajstić information content (AvgIpc) is 2.65. The Hall–Kier alpha value is -1.77. The van der Waals surface area contributed by atoms with E-state index < -0.39 is 0 Å². The molecule has 0 amide bonds. The minimum Gasteiger partial charge on any atom is -0.493 e. The van der Waals surface area contributed by atoms with Crippen molar-refractivity contribution >= 4 is 0 Å². The Kier molecular flexibility index (Phi) is 4.48. The van der Waals surface area contributed by atoms with Crippen molar-refractivity contribution < 1.29 is 5.11 Å². The molecule has 0 saturated carbocycles. The number of hydrogen-bond acceptors (Lipinski definition) is 2. The van der Waals surface area contributed by atoms with Gasteiger partial charge in [0.2, 0.25) is 5.88 Å². The van der Waals surface area contributed by atoms with Gasteiger partial charge in [0.1, 0.15) is 0 Å². The number of benzene rings is 1. The molecule has 3 nitrogen and oxygen atoms in total. The second-order valence-electron chi connectivity index (χ2n) is 6.19. The fourth-order valence-corrected chi connectivity index (χ4v) is 2.40. The van der Waals surface area contributed by atoms with E-state index in [2.05, 4.69) is 32.8 Å². The molecule has 0 bridgehead atoms. The van der Waals surface area contributed by atoms with E-state index in [-0.39, 0.29) is 0 Å². The van der Waals surface area contributed by atoms with Crippen molar-refractivity contribution in [3.05, 3.63) is 36.0 Å². The molecular formula is C17H24N2O. The van der Waals surface area contributed by atoms with E-state index in [9.17, 15) is 5.11 Å². The second-order valence-corrected chi connectivity index (χ2v) is 6.19. The van der Waals surface area contributed by atoms with Crippen LogP contribution in [0, 0.1) is 11.8 Å². The van der Waals surface area contributed by atoms with Gasteiger partial charge in [0.15, 0.2) is 0 Å². The van der Waals surface area contributed by atoms with E-state index in [1.165, 1.54) is 0 Å². The Morgan fingerprint density at radius 3 is 2.25 bits per heavy atom. The zero-order chi connectivity index (χ0) is 14.7. The molecule has 0 saturated heterocycles. The molecular weight excluding hydrogens is 248 g/mol. The first kappa shape index (κ1) is 14.6. The quantitative estimate of drug-likeness (QED) is 0.889. The fourth-order valence-electron chi connectivity index (χ4n) is 2.40. The fraction of sp³-hybridized carbons (Fsp3) is 0.471. The molecule has 108 valence electrons. The number of aromatic hydroxyl groups is 1. The Balaban J connectivity index is 2.49. The molecule has 0 radical (unpaired) electrons. The molecule has 2 rings (SSSR count). The van der Waals surface area contributed by atoms with Crippen LogP contribution < -0.4 is 0 Å².